The number of nitrogens with zero attached hydrogens (tertiary/aromatic N) is 2. The molecule has 1 rings (SSSR count). The summed E-state index contributed by atoms with van der Waals surface area (Å²) in [5.41, 5.74) is 0. The van der Waals surface area contributed by atoms with E-state index in [0.717, 1.165) is 19.4 Å². The maximum atomic E-state index is 10.6. The quantitative estimate of drug-likeness (QED) is 0.456. The molecule has 1 aromatic heterocycles. The molecule has 1 heterocycles. The van der Waals surface area contributed by atoms with Crippen LogP contribution in [0.5, 0.6) is 0 Å². The van der Waals surface area contributed by atoms with Gasteiger partial charge in [-0.25, -0.2) is 9.13 Å². The Labute approximate surface area is 112 Å². The number of hydrogen-bond acceptors (Lipinski definition) is 1. The lowest BCUT2D eigenvalue weighted by Crippen LogP contribution is -3.00. The number of imidazole rings is 1. The maximum Gasteiger partial charge on any atom is 0.325 e. The SMILES string of the molecule is CCCCn1cc[n+](CCCP(=O)(O)O)c1.[Br-]. The van der Waals surface area contributed by atoms with Crippen molar-refractivity contribution in [3.05, 3.63) is 18.7 Å². The zero-order valence-corrected chi connectivity index (χ0v) is 12.5. The van der Waals surface area contributed by atoms with E-state index in [1.807, 2.05) is 23.3 Å². The summed E-state index contributed by atoms with van der Waals surface area (Å²) >= 11 is 0. The molecule has 0 amide bonds. The van der Waals surface area contributed by atoms with Crippen LogP contribution in [0.15, 0.2) is 18.7 Å². The highest BCUT2D eigenvalue weighted by Crippen LogP contribution is 2.34. The Kier molecular flexibility index (Phi) is 7.96. The summed E-state index contributed by atoms with van der Waals surface area (Å²) in [7, 11) is -3.83. The van der Waals surface area contributed by atoms with Gasteiger partial charge in [-0.2, -0.15) is 0 Å². The molecule has 0 unspecified atom stereocenters. The molecule has 0 spiro atoms. The molecule has 0 fully saturated rings. The monoisotopic (exact) mass is 326 g/mol. The molecule has 0 aliphatic rings. The zero-order valence-electron chi connectivity index (χ0n) is 10.00. The van der Waals surface area contributed by atoms with Crippen molar-refractivity contribution in [3.8, 4) is 0 Å². The van der Waals surface area contributed by atoms with Crippen LogP contribution in [0.4, 0.5) is 0 Å². The number of aromatic nitrogens is 2. The standard InChI is InChI=1S/C10H19N2O3P.BrH/c1-2-3-5-11-7-8-12(10-11)6-4-9-16(13,14)15;/h7-8,10H,2-6,9H2,1H3,(H-,13,14,15);1H. The van der Waals surface area contributed by atoms with Crippen molar-refractivity contribution in [2.45, 2.75) is 39.3 Å². The Morgan fingerprint density at radius 2 is 2.06 bits per heavy atom. The van der Waals surface area contributed by atoms with Gasteiger partial charge in [0.25, 0.3) is 0 Å². The average molecular weight is 327 g/mol. The van der Waals surface area contributed by atoms with Crippen molar-refractivity contribution in [3.63, 3.8) is 0 Å². The second kappa shape index (κ2) is 8.03. The van der Waals surface area contributed by atoms with Gasteiger partial charge < -0.3 is 26.8 Å². The van der Waals surface area contributed by atoms with Crippen molar-refractivity contribution >= 4 is 7.60 Å². The van der Waals surface area contributed by atoms with Crippen LogP contribution in [0.1, 0.15) is 26.2 Å². The zero-order chi connectivity index (χ0) is 12.0. The number of rotatable bonds is 7. The third-order valence-corrected chi connectivity index (χ3v) is 3.28. The van der Waals surface area contributed by atoms with Crippen LogP contribution in [0, 0.1) is 0 Å². The highest BCUT2D eigenvalue weighted by Gasteiger charge is 2.13. The molecule has 0 aliphatic carbocycles. The van der Waals surface area contributed by atoms with E-state index < -0.39 is 7.60 Å². The molecular formula is C10H20BrN2O3P. The summed E-state index contributed by atoms with van der Waals surface area (Å²) in [6, 6.07) is 0. The Balaban J connectivity index is 0.00000256. The van der Waals surface area contributed by atoms with E-state index in [1.54, 1.807) is 0 Å². The van der Waals surface area contributed by atoms with Crippen molar-refractivity contribution in [2.24, 2.45) is 0 Å². The van der Waals surface area contributed by atoms with Crippen molar-refractivity contribution < 1.29 is 35.9 Å². The lowest BCUT2D eigenvalue weighted by Gasteiger charge is -2.01. The largest absolute Gasteiger partial charge is 1.00 e. The first-order chi connectivity index (χ1) is 7.51. The second-order valence-electron chi connectivity index (χ2n) is 3.98. The van der Waals surface area contributed by atoms with Gasteiger partial charge in [-0.1, -0.05) is 13.3 Å². The molecule has 5 nitrogen and oxygen atoms in total. The van der Waals surface area contributed by atoms with Gasteiger partial charge in [-0.05, 0) is 12.8 Å². The van der Waals surface area contributed by atoms with E-state index in [0.29, 0.717) is 13.0 Å². The lowest BCUT2D eigenvalue weighted by atomic mass is 10.3. The Morgan fingerprint density at radius 3 is 2.65 bits per heavy atom. The minimum absolute atomic E-state index is 0. The van der Waals surface area contributed by atoms with Gasteiger partial charge in [0.05, 0.1) is 19.3 Å². The summed E-state index contributed by atoms with van der Waals surface area (Å²) in [6.45, 7) is 3.81. The normalized spacial score (nSPS) is 11.2. The van der Waals surface area contributed by atoms with E-state index in [2.05, 4.69) is 11.5 Å². The minimum atomic E-state index is -3.83. The molecule has 0 saturated heterocycles. The molecule has 0 bridgehead atoms. The van der Waals surface area contributed by atoms with Crippen LogP contribution in [-0.4, -0.2) is 20.5 Å². The van der Waals surface area contributed by atoms with E-state index in [-0.39, 0.29) is 23.1 Å². The van der Waals surface area contributed by atoms with Crippen LogP contribution in [0.25, 0.3) is 0 Å². The van der Waals surface area contributed by atoms with E-state index in [9.17, 15) is 4.57 Å². The van der Waals surface area contributed by atoms with Crippen molar-refractivity contribution in [1.82, 2.24) is 4.57 Å². The van der Waals surface area contributed by atoms with Crippen LogP contribution in [-0.2, 0) is 17.7 Å². The number of aryl methyl sites for hydroxylation is 2. The first kappa shape index (κ1) is 16.8. The van der Waals surface area contributed by atoms with Crippen molar-refractivity contribution in [1.29, 1.82) is 0 Å². The summed E-state index contributed by atoms with van der Waals surface area (Å²) in [6.07, 6.45) is 8.69. The molecule has 17 heavy (non-hydrogen) atoms. The summed E-state index contributed by atoms with van der Waals surface area (Å²) in [4.78, 5) is 17.4. The molecule has 0 aromatic carbocycles. The van der Waals surface area contributed by atoms with Gasteiger partial charge in [-0.15, -0.1) is 0 Å². The Hall–Kier alpha value is -0.160. The van der Waals surface area contributed by atoms with Gasteiger partial charge in [0.15, 0.2) is 0 Å². The molecule has 0 saturated carbocycles. The van der Waals surface area contributed by atoms with Gasteiger partial charge in [0.2, 0.25) is 6.33 Å². The van der Waals surface area contributed by atoms with E-state index >= 15 is 0 Å². The molecule has 7 heteroatoms. The van der Waals surface area contributed by atoms with Crippen LogP contribution in [0.2, 0.25) is 0 Å². The molecule has 0 radical (unpaired) electrons. The fourth-order valence-electron chi connectivity index (χ4n) is 1.50. The second-order valence-corrected chi connectivity index (χ2v) is 5.76. The molecule has 2 N–H and O–H groups in total. The molecule has 0 atom stereocenters. The predicted octanol–water partition coefficient (Wildman–Crippen LogP) is -1.85. The predicted molar refractivity (Wildman–Crippen MR) is 61.1 cm³/mol. The summed E-state index contributed by atoms with van der Waals surface area (Å²) in [5.74, 6) is 0. The third kappa shape index (κ3) is 7.71. The number of unbranched alkanes of at least 4 members (excludes halogenated alkanes) is 1. The Morgan fingerprint density at radius 1 is 1.35 bits per heavy atom. The average Bonchev–Trinajstić information content (AvgIpc) is 2.61. The van der Waals surface area contributed by atoms with Gasteiger partial charge in [0.1, 0.15) is 12.4 Å². The third-order valence-electron chi connectivity index (χ3n) is 2.38. The fraction of sp³-hybridized carbons (Fsp3) is 0.700. The molecule has 0 aliphatic heterocycles. The smallest absolute Gasteiger partial charge is 0.325 e. The summed E-state index contributed by atoms with van der Waals surface area (Å²) in [5, 5.41) is 0. The first-order valence-corrected chi connectivity index (χ1v) is 7.40. The van der Waals surface area contributed by atoms with Gasteiger partial charge in [-0.3, -0.25) is 4.57 Å². The topological polar surface area (TPSA) is 66.3 Å². The first-order valence-electron chi connectivity index (χ1n) is 5.60. The van der Waals surface area contributed by atoms with E-state index in [1.165, 1.54) is 0 Å². The van der Waals surface area contributed by atoms with Crippen LogP contribution >= 0.6 is 7.60 Å². The summed E-state index contributed by atoms with van der Waals surface area (Å²) < 4.78 is 14.7. The maximum absolute atomic E-state index is 10.6. The molecular weight excluding hydrogens is 307 g/mol. The molecule has 100 valence electrons. The minimum Gasteiger partial charge on any atom is -1.00 e. The molecule has 1 aromatic rings. The van der Waals surface area contributed by atoms with Crippen molar-refractivity contribution in [2.75, 3.05) is 6.16 Å². The highest BCUT2D eigenvalue weighted by molar-refractivity contribution is 7.51. The van der Waals surface area contributed by atoms with Crippen LogP contribution < -0.4 is 21.5 Å². The number of hydrogen-bond donors (Lipinski definition) is 2. The fourth-order valence-corrected chi connectivity index (χ4v) is 2.06. The van der Waals surface area contributed by atoms with Gasteiger partial charge in [0, 0.05) is 0 Å². The Bertz CT molecular complexity index is 364. The highest BCUT2D eigenvalue weighted by atomic mass is 79.9. The number of halogens is 1. The lowest BCUT2D eigenvalue weighted by molar-refractivity contribution is -0.696. The van der Waals surface area contributed by atoms with E-state index in [4.69, 9.17) is 9.79 Å². The van der Waals surface area contributed by atoms with Crippen LogP contribution in [0.3, 0.4) is 0 Å². The van der Waals surface area contributed by atoms with Gasteiger partial charge >= 0.3 is 7.60 Å².